The Kier molecular flexibility index (Phi) is 4.48. The molecule has 0 aliphatic carbocycles. The fraction of sp³-hybridized carbons (Fsp3) is 0.188. The minimum atomic E-state index is -1.07. The Morgan fingerprint density at radius 2 is 1.90 bits per heavy atom. The van der Waals surface area contributed by atoms with Gasteiger partial charge in [-0.2, -0.15) is 0 Å². The van der Waals surface area contributed by atoms with Crippen LogP contribution in [0.1, 0.15) is 15.9 Å². The van der Waals surface area contributed by atoms with Crippen molar-refractivity contribution in [2.45, 2.75) is 6.42 Å². The van der Waals surface area contributed by atoms with Crippen LogP contribution in [0.15, 0.2) is 42.5 Å². The molecular weight excluding hydrogens is 259 g/mol. The minimum absolute atomic E-state index is 0.0739. The molecule has 104 valence electrons. The van der Waals surface area contributed by atoms with E-state index in [0.29, 0.717) is 17.7 Å². The molecule has 4 heteroatoms. The van der Waals surface area contributed by atoms with Crippen LogP contribution in [-0.4, -0.2) is 24.8 Å². The van der Waals surface area contributed by atoms with Crippen LogP contribution in [0.2, 0.25) is 0 Å². The Labute approximate surface area is 116 Å². The average Bonchev–Trinajstić information content (AvgIpc) is 2.46. The highest BCUT2D eigenvalue weighted by molar-refractivity contribution is 5.89. The van der Waals surface area contributed by atoms with E-state index in [9.17, 15) is 9.18 Å². The Balaban J connectivity index is 2.31. The molecular formula is C16H15FO3. The molecule has 0 atom stereocenters. The molecule has 3 nitrogen and oxygen atoms in total. The van der Waals surface area contributed by atoms with Gasteiger partial charge in [0.2, 0.25) is 0 Å². The van der Waals surface area contributed by atoms with Gasteiger partial charge in [-0.15, -0.1) is 0 Å². The smallest absolute Gasteiger partial charge is 0.335 e. The van der Waals surface area contributed by atoms with Crippen molar-refractivity contribution in [1.82, 2.24) is 0 Å². The maximum atomic E-state index is 13.8. The molecule has 1 N–H and O–H groups in total. The summed E-state index contributed by atoms with van der Waals surface area (Å²) in [5, 5.41) is 8.95. The van der Waals surface area contributed by atoms with Crippen molar-refractivity contribution in [2.75, 3.05) is 13.7 Å². The number of rotatable bonds is 5. The summed E-state index contributed by atoms with van der Waals surface area (Å²) < 4.78 is 18.8. The van der Waals surface area contributed by atoms with Crippen molar-refractivity contribution in [1.29, 1.82) is 0 Å². The van der Waals surface area contributed by atoms with Gasteiger partial charge in [-0.1, -0.05) is 24.3 Å². The zero-order chi connectivity index (χ0) is 14.5. The highest BCUT2D eigenvalue weighted by Crippen LogP contribution is 2.24. The first-order chi connectivity index (χ1) is 9.61. The third kappa shape index (κ3) is 3.22. The molecule has 20 heavy (non-hydrogen) atoms. The highest BCUT2D eigenvalue weighted by Gasteiger charge is 2.10. The van der Waals surface area contributed by atoms with E-state index in [-0.39, 0.29) is 5.56 Å². The Morgan fingerprint density at radius 1 is 1.20 bits per heavy atom. The zero-order valence-electron chi connectivity index (χ0n) is 11.1. The van der Waals surface area contributed by atoms with Crippen LogP contribution in [0.4, 0.5) is 4.39 Å². The van der Waals surface area contributed by atoms with Crippen molar-refractivity contribution in [3.63, 3.8) is 0 Å². The molecule has 0 bridgehead atoms. The number of ether oxygens (including phenoxy) is 1. The van der Waals surface area contributed by atoms with Crippen LogP contribution in [0.25, 0.3) is 11.1 Å². The van der Waals surface area contributed by atoms with E-state index in [1.54, 1.807) is 19.2 Å². The summed E-state index contributed by atoms with van der Waals surface area (Å²) >= 11 is 0. The van der Waals surface area contributed by atoms with Crippen LogP contribution < -0.4 is 0 Å². The SMILES string of the molecule is COCCc1ccc(-c2cc(C(=O)O)ccc2F)cc1. The van der Waals surface area contributed by atoms with E-state index in [0.717, 1.165) is 12.0 Å². The molecule has 0 saturated carbocycles. The van der Waals surface area contributed by atoms with Crippen LogP contribution in [0, 0.1) is 5.82 Å². The normalized spacial score (nSPS) is 10.5. The number of halogens is 1. The van der Waals surface area contributed by atoms with Crippen LogP contribution in [-0.2, 0) is 11.2 Å². The van der Waals surface area contributed by atoms with Crippen molar-refractivity contribution >= 4 is 5.97 Å². The number of hydrogen-bond acceptors (Lipinski definition) is 2. The third-order valence-electron chi connectivity index (χ3n) is 3.07. The molecule has 0 fully saturated rings. The fourth-order valence-electron chi connectivity index (χ4n) is 1.95. The molecule has 0 aromatic heterocycles. The van der Waals surface area contributed by atoms with Crippen LogP contribution in [0.3, 0.4) is 0 Å². The predicted octanol–water partition coefficient (Wildman–Crippen LogP) is 3.38. The van der Waals surface area contributed by atoms with Gasteiger partial charge in [-0.25, -0.2) is 9.18 Å². The minimum Gasteiger partial charge on any atom is -0.478 e. The number of carboxylic acid groups (broad SMARTS) is 1. The Morgan fingerprint density at radius 3 is 2.50 bits per heavy atom. The molecule has 0 spiro atoms. The second-order valence-corrected chi connectivity index (χ2v) is 4.44. The van der Waals surface area contributed by atoms with Crippen LogP contribution in [0.5, 0.6) is 0 Å². The quantitative estimate of drug-likeness (QED) is 0.909. The van der Waals surface area contributed by atoms with Crippen LogP contribution >= 0.6 is 0 Å². The Hall–Kier alpha value is -2.20. The van der Waals surface area contributed by atoms with Gasteiger partial charge in [0.15, 0.2) is 0 Å². The van der Waals surface area contributed by atoms with Gasteiger partial charge in [0.25, 0.3) is 0 Å². The van der Waals surface area contributed by atoms with E-state index in [2.05, 4.69) is 0 Å². The maximum Gasteiger partial charge on any atom is 0.335 e. The van der Waals surface area contributed by atoms with Gasteiger partial charge in [0.05, 0.1) is 12.2 Å². The topological polar surface area (TPSA) is 46.5 Å². The molecule has 0 heterocycles. The van der Waals surface area contributed by atoms with Crippen molar-refractivity contribution in [2.24, 2.45) is 0 Å². The van der Waals surface area contributed by atoms with E-state index in [1.165, 1.54) is 18.2 Å². The average molecular weight is 274 g/mol. The second-order valence-electron chi connectivity index (χ2n) is 4.44. The highest BCUT2D eigenvalue weighted by atomic mass is 19.1. The van der Waals surface area contributed by atoms with Gasteiger partial charge in [-0.3, -0.25) is 0 Å². The lowest BCUT2D eigenvalue weighted by atomic mass is 10.0. The van der Waals surface area contributed by atoms with Gasteiger partial charge >= 0.3 is 5.97 Å². The van der Waals surface area contributed by atoms with Crippen molar-refractivity contribution in [3.05, 3.63) is 59.4 Å². The first-order valence-corrected chi connectivity index (χ1v) is 6.23. The molecule has 0 unspecified atom stereocenters. The number of carbonyl (C=O) groups is 1. The summed E-state index contributed by atoms with van der Waals surface area (Å²) in [4.78, 5) is 10.9. The molecule has 2 rings (SSSR count). The van der Waals surface area contributed by atoms with Gasteiger partial charge < -0.3 is 9.84 Å². The summed E-state index contributed by atoms with van der Waals surface area (Å²) in [6.07, 6.45) is 0.786. The molecule has 2 aromatic rings. The van der Waals surface area contributed by atoms with Gasteiger partial charge in [0, 0.05) is 12.7 Å². The maximum absolute atomic E-state index is 13.8. The van der Waals surface area contributed by atoms with E-state index >= 15 is 0 Å². The lowest BCUT2D eigenvalue weighted by Gasteiger charge is -2.07. The number of methoxy groups -OCH3 is 1. The number of hydrogen-bond donors (Lipinski definition) is 1. The zero-order valence-corrected chi connectivity index (χ0v) is 11.1. The van der Waals surface area contributed by atoms with E-state index in [1.807, 2.05) is 12.1 Å². The monoisotopic (exact) mass is 274 g/mol. The number of aromatic carboxylic acids is 1. The number of benzene rings is 2. The molecule has 0 aliphatic rings. The predicted molar refractivity (Wildman–Crippen MR) is 74.4 cm³/mol. The fourth-order valence-corrected chi connectivity index (χ4v) is 1.95. The van der Waals surface area contributed by atoms with Gasteiger partial charge in [0.1, 0.15) is 5.82 Å². The molecule has 2 aromatic carbocycles. The second kappa shape index (κ2) is 6.30. The summed E-state index contributed by atoms with van der Waals surface area (Å²) in [7, 11) is 1.64. The Bertz CT molecular complexity index is 606. The van der Waals surface area contributed by atoms with Crippen molar-refractivity contribution < 1.29 is 19.0 Å². The molecule has 0 saturated heterocycles. The summed E-state index contributed by atoms with van der Waals surface area (Å²) in [5.41, 5.74) is 2.12. The summed E-state index contributed by atoms with van der Waals surface area (Å²) in [6, 6.07) is 11.1. The van der Waals surface area contributed by atoms with E-state index in [4.69, 9.17) is 9.84 Å². The standard InChI is InChI=1S/C16H15FO3/c1-20-9-8-11-2-4-12(5-3-11)14-10-13(16(18)19)6-7-15(14)17/h2-7,10H,8-9H2,1H3,(H,18,19). The molecule has 0 amide bonds. The first-order valence-electron chi connectivity index (χ1n) is 6.23. The molecule has 0 radical (unpaired) electrons. The molecule has 0 aliphatic heterocycles. The number of carboxylic acids is 1. The summed E-state index contributed by atoms with van der Waals surface area (Å²) in [6.45, 7) is 0.627. The third-order valence-corrected chi connectivity index (χ3v) is 3.07. The van der Waals surface area contributed by atoms with Crippen molar-refractivity contribution in [3.8, 4) is 11.1 Å². The summed E-state index contributed by atoms with van der Waals surface area (Å²) in [5.74, 6) is -1.50. The van der Waals surface area contributed by atoms with Gasteiger partial charge in [-0.05, 0) is 35.7 Å². The first kappa shape index (κ1) is 14.2. The van der Waals surface area contributed by atoms with E-state index < -0.39 is 11.8 Å². The lowest BCUT2D eigenvalue weighted by molar-refractivity contribution is 0.0697. The largest absolute Gasteiger partial charge is 0.478 e. The lowest BCUT2D eigenvalue weighted by Crippen LogP contribution is -1.98.